The maximum absolute atomic E-state index is 12.8. The Hall–Kier alpha value is -4.01. The first kappa shape index (κ1) is 57.0. The van der Waals surface area contributed by atoms with Crippen molar-refractivity contribution in [1.29, 1.82) is 0 Å². The number of ether oxygens (including phenoxy) is 3. The summed E-state index contributed by atoms with van der Waals surface area (Å²) in [6, 6.07) is -0.740. The van der Waals surface area contributed by atoms with Crippen LogP contribution in [0.15, 0.2) is 109 Å². The molecule has 0 radical (unpaired) electrons. The maximum Gasteiger partial charge on any atom is 0.306 e. The van der Waals surface area contributed by atoms with Gasteiger partial charge in [0, 0.05) is 19.3 Å². The van der Waals surface area contributed by atoms with Gasteiger partial charge in [0.25, 0.3) is 0 Å². The van der Waals surface area contributed by atoms with Crippen molar-refractivity contribution in [3.05, 3.63) is 109 Å². The van der Waals surface area contributed by atoms with E-state index in [1.165, 1.54) is 6.42 Å². The molecule has 0 aliphatic rings. The van der Waals surface area contributed by atoms with Gasteiger partial charge in [-0.2, -0.15) is 0 Å². The molecule has 0 heterocycles. The van der Waals surface area contributed by atoms with Gasteiger partial charge in [-0.05, 0) is 77.0 Å². The van der Waals surface area contributed by atoms with Crippen LogP contribution in [0.3, 0.4) is 0 Å². The van der Waals surface area contributed by atoms with Crippen LogP contribution in [0.5, 0.6) is 0 Å². The summed E-state index contributed by atoms with van der Waals surface area (Å²) in [6.07, 6.45) is 58.2. The van der Waals surface area contributed by atoms with Crippen LogP contribution in [0.4, 0.5) is 0 Å². The van der Waals surface area contributed by atoms with Gasteiger partial charge < -0.3 is 28.6 Å². The molecule has 8 nitrogen and oxygen atoms in total. The number of quaternary nitrogens is 1. The van der Waals surface area contributed by atoms with Crippen molar-refractivity contribution in [3.8, 4) is 0 Å². The lowest BCUT2D eigenvalue weighted by atomic mass is 10.1. The van der Waals surface area contributed by atoms with Gasteiger partial charge in [0.15, 0.2) is 6.10 Å². The van der Waals surface area contributed by atoms with Crippen LogP contribution in [-0.2, 0) is 28.6 Å². The van der Waals surface area contributed by atoms with E-state index in [-0.39, 0.29) is 42.7 Å². The van der Waals surface area contributed by atoms with Crippen molar-refractivity contribution >= 4 is 17.9 Å². The molecule has 61 heavy (non-hydrogen) atoms. The molecular formula is C53H85NO7. The molecule has 2 unspecified atom stereocenters. The third-order valence-corrected chi connectivity index (χ3v) is 9.75. The molecule has 0 bridgehead atoms. The maximum atomic E-state index is 12.8. The minimum Gasteiger partial charge on any atom is -0.544 e. The Balaban J connectivity index is 4.39. The van der Waals surface area contributed by atoms with Crippen molar-refractivity contribution in [2.24, 2.45) is 0 Å². The largest absolute Gasteiger partial charge is 0.544 e. The van der Waals surface area contributed by atoms with Gasteiger partial charge >= 0.3 is 11.9 Å². The molecule has 0 amide bonds. The summed E-state index contributed by atoms with van der Waals surface area (Å²) in [5.74, 6) is -1.80. The lowest BCUT2D eigenvalue weighted by Crippen LogP contribution is -2.55. The third-order valence-electron chi connectivity index (χ3n) is 9.75. The minimum absolute atomic E-state index is 0.0189. The summed E-state index contributed by atoms with van der Waals surface area (Å²) in [4.78, 5) is 36.9. The lowest BCUT2D eigenvalue weighted by Gasteiger charge is -2.34. The van der Waals surface area contributed by atoms with Gasteiger partial charge in [-0.3, -0.25) is 9.59 Å². The van der Waals surface area contributed by atoms with Crippen LogP contribution in [0.1, 0.15) is 155 Å². The summed E-state index contributed by atoms with van der Waals surface area (Å²) >= 11 is 0. The van der Waals surface area contributed by atoms with E-state index in [9.17, 15) is 19.5 Å². The number of carbonyl (C=O) groups excluding carboxylic acids is 3. The number of aliphatic carboxylic acids is 1. The standard InChI is InChI=1S/C53H85NO7/c1-6-8-10-12-14-16-18-20-22-23-24-25-26-27-28-30-32-34-36-38-40-42-44-52(56)61-49(47-59-46-45-50(53(57)58)54(3,4)5)48-60-51(55)43-41-39-37-35-33-31-29-21-19-17-15-13-11-9-7-2/h8-11,13-17,19-22,24-25,27-29,49-50H,6-7,12,18,23,26,30-48H2,1-5H3/b10-8+,11-9+,15-13+,16-14+,19-17+,22-20+,25-24+,28-27+,29-21+. The van der Waals surface area contributed by atoms with E-state index in [1.807, 2.05) is 30.4 Å². The van der Waals surface area contributed by atoms with Crippen LogP contribution in [0.25, 0.3) is 0 Å². The number of hydrogen-bond donors (Lipinski definition) is 0. The van der Waals surface area contributed by atoms with Crippen molar-refractivity contribution in [2.45, 2.75) is 167 Å². The van der Waals surface area contributed by atoms with E-state index in [1.54, 1.807) is 21.1 Å². The first-order valence-electron chi connectivity index (χ1n) is 23.5. The molecule has 0 aliphatic heterocycles. The Bertz CT molecular complexity index is 1360. The van der Waals surface area contributed by atoms with Gasteiger partial charge in [0.2, 0.25) is 0 Å². The van der Waals surface area contributed by atoms with E-state index < -0.39 is 18.1 Å². The number of allylic oxidation sites excluding steroid dienone is 18. The second kappa shape index (κ2) is 42.7. The topological polar surface area (TPSA) is 102 Å². The van der Waals surface area contributed by atoms with E-state index in [0.717, 1.165) is 116 Å². The Morgan fingerprint density at radius 3 is 1.48 bits per heavy atom. The van der Waals surface area contributed by atoms with Crippen molar-refractivity contribution < 1.29 is 38.2 Å². The molecule has 0 fully saturated rings. The number of likely N-dealkylation sites (N-methyl/N-ethyl adjacent to an activating group) is 1. The molecule has 0 spiro atoms. The molecule has 0 aromatic heterocycles. The van der Waals surface area contributed by atoms with Crippen molar-refractivity contribution in [3.63, 3.8) is 0 Å². The van der Waals surface area contributed by atoms with Gasteiger partial charge in [-0.15, -0.1) is 0 Å². The van der Waals surface area contributed by atoms with Crippen molar-refractivity contribution in [1.82, 2.24) is 0 Å². The summed E-state index contributed by atoms with van der Waals surface area (Å²) in [6.45, 7) is 4.35. The monoisotopic (exact) mass is 848 g/mol. The number of carboxylic acids is 1. The van der Waals surface area contributed by atoms with Gasteiger partial charge in [-0.1, -0.05) is 168 Å². The fraction of sp³-hybridized carbons (Fsp3) is 0.604. The third kappa shape index (κ3) is 41.1. The predicted molar refractivity (Wildman–Crippen MR) is 254 cm³/mol. The highest BCUT2D eigenvalue weighted by atomic mass is 16.6. The van der Waals surface area contributed by atoms with Crippen LogP contribution in [-0.4, -0.2) is 75.5 Å². The molecule has 8 heteroatoms. The molecule has 0 aliphatic carbocycles. The Kier molecular flexibility index (Phi) is 39.9. The van der Waals surface area contributed by atoms with Gasteiger partial charge in [0.05, 0.1) is 40.3 Å². The normalized spacial score (nSPS) is 13.9. The molecule has 0 aromatic rings. The van der Waals surface area contributed by atoms with Gasteiger partial charge in [0.1, 0.15) is 12.6 Å². The summed E-state index contributed by atoms with van der Waals surface area (Å²) in [5.41, 5.74) is 0. The van der Waals surface area contributed by atoms with E-state index in [4.69, 9.17) is 14.2 Å². The zero-order valence-corrected chi connectivity index (χ0v) is 39.0. The zero-order chi connectivity index (χ0) is 44.9. The molecule has 0 aromatic carbocycles. The fourth-order valence-corrected chi connectivity index (χ4v) is 6.17. The van der Waals surface area contributed by atoms with Gasteiger partial charge in [-0.25, -0.2) is 0 Å². The molecule has 0 rings (SSSR count). The number of carboxylic acid groups (broad SMARTS) is 1. The summed E-state index contributed by atoms with van der Waals surface area (Å²) in [5, 5.41) is 11.6. The molecule has 2 atom stereocenters. The Morgan fingerprint density at radius 2 is 0.951 bits per heavy atom. The average molecular weight is 848 g/mol. The minimum atomic E-state index is -1.14. The van der Waals surface area contributed by atoms with Crippen molar-refractivity contribution in [2.75, 3.05) is 41.0 Å². The molecular weight excluding hydrogens is 763 g/mol. The van der Waals surface area contributed by atoms with E-state index >= 15 is 0 Å². The van der Waals surface area contributed by atoms with Crippen LogP contribution in [0, 0.1) is 0 Å². The fourth-order valence-electron chi connectivity index (χ4n) is 6.17. The number of esters is 2. The number of rotatable bonds is 40. The molecule has 0 saturated heterocycles. The number of carbonyl (C=O) groups is 3. The second-order valence-electron chi connectivity index (χ2n) is 16.3. The smallest absolute Gasteiger partial charge is 0.306 e. The molecule has 344 valence electrons. The highest BCUT2D eigenvalue weighted by Crippen LogP contribution is 2.13. The first-order valence-corrected chi connectivity index (χ1v) is 23.5. The second-order valence-corrected chi connectivity index (χ2v) is 16.3. The lowest BCUT2D eigenvalue weighted by molar-refractivity contribution is -0.889. The predicted octanol–water partition coefficient (Wildman–Crippen LogP) is 11.9. The zero-order valence-electron chi connectivity index (χ0n) is 39.0. The van der Waals surface area contributed by atoms with E-state index in [2.05, 4.69) is 92.8 Å². The number of hydrogen-bond acceptors (Lipinski definition) is 7. The van der Waals surface area contributed by atoms with Crippen LogP contribution in [0.2, 0.25) is 0 Å². The summed E-state index contributed by atoms with van der Waals surface area (Å²) < 4.78 is 17.2. The molecule has 0 N–H and O–H groups in total. The average Bonchev–Trinajstić information content (AvgIpc) is 3.22. The van der Waals surface area contributed by atoms with Crippen LogP contribution >= 0.6 is 0 Å². The number of unbranched alkanes of at least 4 members (excludes halogenated alkanes) is 11. The number of nitrogens with zero attached hydrogens (tertiary/aromatic N) is 1. The van der Waals surface area contributed by atoms with Crippen LogP contribution < -0.4 is 5.11 Å². The van der Waals surface area contributed by atoms with E-state index in [0.29, 0.717) is 12.8 Å². The highest BCUT2D eigenvalue weighted by molar-refractivity contribution is 5.70. The highest BCUT2D eigenvalue weighted by Gasteiger charge is 2.25. The summed E-state index contributed by atoms with van der Waals surface area (Å²) in [7, 11) is 5.38. The SMILES string of the molecule is CC/C=C/C=C/C=C/C=C/CCCCCCCC(=O)OCC(COCCC(C(=O)[O-])[N+](C)(C)C)OC(=O)CCCCCCCC/C=C/C/C=C/C/C=C/C/C=C/C/C=C/CC. The molecule has 0 saturated carbocycles. The quantitative estimate of drug-likeness (QED) is 0.0199. The first-order chi connectivity index (χ1) is 29.6. The Morgan fingerprint density at radius 1 is 0.508 bits per heavy atom. The Labute approximate surface area is 372 Å².